The Kier molecular flexibility index (Phi) is 7.31. The molecule has 0 saturated carbocycles. The van der Waals surface area contributed by atoms with E-state index in [-0.39, 0.29) is 5.41 Å². The Balaban J connectivity index is 1.14. The highest BCUT2D eigenvalue weighted by Crippen LogP contribution is 2.54. The van der Waals surface area contributed by atoms with Crippen LogP contribution in [-0.4, -0.2) is 0 Å². The molecule has 1 aromatic heterocycles. The van der Waals surface area contributed by atoms with E-state index in [1.165, 1.54) is 119 Å². The Morgan fingerprint density at radius 3 is 1.71 bits per heavy atom. The van der Waals surface area contributed by atoms with E-state index >= 15 is 0 Å². The number of fused-ring (bicyclic) bond motifs is 9. The summed E-state index contributed by atoms with van der Waals surface area (Å²) in [7, 11) is 0. The maximum absolute atomic E-state index is 2.51. The zero-order valence-electron chi connectivity index (χ0n) is 32.1. The van der Waals surface area contributed by atoms with E-state index in [1.54, 1.807) is 0 Å². The topological polar surface area (TPSA) is 0 Å². The van der Waals surface area contributed by atoms with Crippen LogP contribution in [0.1, 0.15) is 42.3 Å². The van der Waals surface area contributed by atoms with Crippen molar-refractivity contribution in [3.05, 3.63) is 185 Å². The van der Waals surface area contributed by atoms with Crippen LogP contribution >= 0.6 is 11.3 Å². The lowest BCUT2D eigenvalue weighted by atomic mass is 9.80. The summed E-state index contributed by atoms with van der Waals surface area (Å²) in [6.07, 6.45) is 4.42. The number of allylic oxidation sites excluding steroid dienone is 1. The van der Waals surface area contributed by atoms with E-state index in [1.807, 2.05) is 11.3 Å². The molecule has 0 bridgehead atoms. The van der Waals surface area contributed by atoms with Crippen LogP contribution in [0.2, 0.25) is 0 Å². The van der Waals surface area contributed by atoms with Crippen LogP contribution in [0, 0.1) is 6.92 Å². The molecule has 0 fully saturated rings. The Hall–Kier alpha value is -6.28. The second-order valence-electron chi connectivity index (χ2n) is 15.9. The van der Waals surface area contributed by atoms with Gasteiger partial charge in [0.15, 0.2) is 0 Å². The van der Waals surface area contributed by atoms with Gasteiger partial charge in [-0.15, -0.1) is 11.3 Å². The van der Waals surface area contributed by atoms with Crippen LogP contribution < -0.4 is 0 Å². The van der Waals surface area contributed by atoms with E-state index in [0.717, 1.165) is 0 Å². The normalized spacial score (nSPS) is 13.4. The smallest absolute Gasteiger partial charge is 0.0358 e. The van der Waals surface area contributed by atoms with Gasteiger partial charge in [-0.2, -0.15) is 0 Å². The summed E-state index contributed by atoms with van der Waals surface area (Å²) in [5.41, 5.74) is 14.4. The van der Waals surface area contributed by atoms with Gasteiger partial charge >= 0.3 is 0 Å². The van der Waals surface area contributed by atoms with E-state index in [4.69, 9.17) is 0 Å². The SMILES string of the molecule is C/C=C\c1c(C)sc2cc3c4c(ccc3cc12)C(C)(C)c1cc(-c2c3ccccc3c(-c3ccc(-c5ccccc5)c5ccccc35)c3ccccc23)ccc1-4. The van der Waals surface area contributed by atoms with Crippen molar-refractivity contribution in [1.29, 1.82) is 0 Å². The highest BCUT2D eigenvalue weighted by molar-refractivity contribution is 7.19. The van der Waals surface area contributed by atoms with Gasteiger partial charge in [0.2, 0.25) is 0 Å². The fourth-order valence-corrected chi connectivity index (χ4v) is 11.0. The molecule has 56 heavy (non-hydrogen) atoms. The minimum atomic E-state index is -0.143. The molecule has 266 valence electrons. The van der Waals surface area contributed by atoms with Crippen molar-refractivity contribution >= 4 is 70.6 Å². The zero-order valence-corrected chi connectivity index (χ0v) is 32.9. The van der Waals surface area contributed by atoms with Gasteiger partial charge in [-0.25, -0.2) is 0 Å². The molecule has 0 spiro atoms. The third-order valence-corrected chi connectivity index (χ3v) is 13.6. The van der Waals surface area contributed by atoms with Crippen molar-refractivity contribution in [1.82, 2.24) is 0 Å². The Labute approximate surface area is 332 Å². The summed E-state index contributed by atoms with van der Waals surface area (Å²) in [6, 6.07) is 59.4. The van der Waals surface area contributed by atoms with Crippen molar-refractivity contribution < 1.29 is 0 Å². The summed E-state index contributed by atoms with van der Waals surface area (Å²) in [4.78, 5) is 1.37. The molecule has 9 aromatic carbocycles. The Morgan fingerprint density at radius 1 is 0.446 bits per heavy atom. The molecule has 1 heteroatoms. The fraction of sp³-hybridized carbons (Fsp3) is 0.0909. The molecular weight excluding hydrogens is 693 g/mol. The molecule has 11 rings (SSSR count). The molecule has 1 heterocycles. The number of benzene rings is 9. The predicted molar refractivity (Wildman–Crippen MR) is 245 cm³/mol. The lowest BCUT2D eigenvalue weighted by Crippen LogP contribution is -2.15. The lowest BCUT2D eigenvalue weighted by molar-refractivity contribution is 0.661. The van der Waals surface area contributed by atoms with Crippen LogP contribution in [-0.2, 0) is 5.41 Å². The highest BCUT2D eigenvalue weighted by Gasteiger charge is 2.37. The molecule has 0 saturated heterocycles. The van der Waals surface area contributed by atoms with Gasteiger partial charge in [0.05, 0.1) is 0 Å². The quantitative estimate of drug-likeness (QED) is 0.158. The molecule has 0 nitrogen and oxygen atoms in total. The van der Waals surface area contributed by atoms with Crippen LogP contribution in [0.4, 0.5) is 0 Å². The molecule has 1 aliphatic rings. The minimum absolute atomic E-state index is 0.143. The first kappa shape index (κ1) is 33.1. The molecule has 0 N–H and O–H groups in total. The Bertz CT molecular complexity index is 3220. The molecule has 0 amide bonds. The summed E-state index contributed by atoms with van der Waals surface area (Å²) in [5, 5.41) is 11.7. The van der Waals surface area contributed by atoms with Crippen LogP contribution in [0.3, 0.4) is 0 Å². The van der Waals surface area contributed by atoms with E-state index in [0.29, 0.717) is 0 Å². The first-order valence-corrected chi connectivity index (χ1v) is 20.5. The minimum Gasteiger partial charge on any atom is -0.140 e. The van der Waals surface area contributed by atoms with Gasteiger partial charge in [-0.05, 0) is 136 Å². The third-order valence-electron chi connectivity index (χ3n) is 12.5. The first-order chi connectivity index (χ1) is 27.4. The molecule has 0 atom stereocenters. The summed E-state index contributed by atoms with van der Waals surface area (Å²) in [6.45, 7) is 9.18. The number of aryl methyl sites for hydroxylation is 1. The lowest BCUT2D eigenvalue weighted by Gasteiger charge is -2.23. The van der Waals surface area contributed by atoms with Crippen molar-refractivity contribution in [3.63, 3.8) is 0 Å². The number of hydrogen-bond acceptors (Lipinski definition) is 1. The van der Waals surface area contributed by atoms with Crippen LogP contribution in [0.25, 0.3) is 104 Å². The number of rotatable bonds is 4. The summed E-state index contributed by atoms with van der Waals surface area (Å²) < 4.78 is 1.36. The zero-order chi connectivity index (χ0) is 37.7. The number of thiophene rings is 1. The van der Waals surface area contributed by atoms with E-state index in [9.17, 15) is 0 Å². The largest absolute Gasteiger partial charge is 0.140 e. The average molecular weight is 733 g/mol. The van der Waals surface area contributed by atoms with Gasteiger partial charge in [-0.1, -0.05) is 166 Å². The van der Waals surface area contributed by atoms with E-state index < -0.39 is 0 Å². The molecule has 10 aromatic rings. The van der Waals surface area contributed by atoms with Crippen LogP contribution in [0.5, 0.6) is 0 Å². The first-order valence-electron chi connectivity index (χ1n) is 19.7. The molecule has 1 aliphatic carbocycles. The van der Waals surface area contributed by atoms with Gasteiger partial charge in [0.1, 0.15) is 0 Å². The van der Waals surface area contributed by atoms with Gasteiger partial charge in [0.25, 0.3) is 0 Å². The fourth-order valence-electron chi connectivity index (χ4n) is 9.94. The maximum atomic E-state index is 2.51. The Morgan fingerprint density at radius 2 is 1.04 bits per heavy atom. The summed E-state index contributed by atoms with van der Waals surface area (Å²) >= 11 is 1.91. The van der Waals surface area contributed by atoms with E-state index in [2.05, 4.69) is 198 Å². The molecule has 0 radical (unpaired) electrons. The highest BCUT2D eigenvalue weighted by atomic mass is 32.1. The van der Waals surface area contributed by atoms with Gasteiger partial charge < -0.3 is 0 Å². The van der Waals surface area contributed by atoms with Crippen molar-refractivity contribution in [2.75, 3.05) is 0 Å². The molecule has 0 unspecified atom stereocenters. The predicted octanol–water partition coefficient (Wildman–Crippen LogP) is 16.2. The third kappa shape index (κ3) is 4.71. The number of hydrogen-bond donors (Lipinski definition) is 0. The summed E-state index contributed by atoms with van der Waals surface area (Å²) in [5.74, 6) is 0. The van der Waals surface area contributed by atoms with Gasteiger partial charge in [0, 0.05) is 20.4 Å². The van der Waals surface area contributed by atoms with Crippen molar-refractivity contribution in [3.8, 4) is 44.5 Å². The molecular formula is C55H40S. The maximum Gasteiger partial charge on any atom is 0.0358 e. The monoisotopic (exact) mass is 732 g/mol. The second kappa shape index (κ2) is 12.4. The molecule has 0 aliphatic heterocycles. The van der Waals surface area contributed by atoms with Crippen molar-refractivity contribution in [2.45, 2.75) is 33.1 Å². The van der Waals surface area contributed by atoms with Crippen LogP contribution in [0.15, 0.2) is 164 Å². The van der Waals surface area contributed by atoms with Gasteiger partial charge in [-0.3, -0.25) is 0 Å². The second-order valence-corrected chi connectivity index (χ2v) is 17.2. The standard InChI is InChI=1S/C55H40S/c1-5-15-37-33(2)56-51-32-47-35(30-48(37)51)25-29-49-54(47)46-26-24-36(31-50(46)55(49,3)4)52-41-20-11-13-22-43(41)53(44-23-14-12-21-42(44)52)45-28-27-38(34-16-7-6-8-17-34)39-18-9-10-19-40(39)45/h5-32H,1-4H3/b15-5-. The average Bonchev–Trinajstić information content (AvgIpc) is 3.66. The van der Waals surface area contributed by atoms with Crippen molar-refractivity contribution in [2.24, 2.45) is 0 Å².